The van der Waals surface area contributed by atoms with Gasteiger partial charge in [0.1, 0.15) is 16.8 Å². The molecule has 3 rings (SSSR count). The third-order valence-corrected chi connectivity index (χ3v) is 5.69. The summed E-state index contributed by atoms with van der Waals surface area (Å²) in [7, 11) is 0. The number of benzene rings is 1. The van der Waals surface area contributed by atoms with Crippen molar-refractivity contribution in [3.8, 4) is 10.6 Å². The fourth-order valence-electron chi connectivity index (χ4n) is 3.04. The number of hydrogen-bond acceptors (Lipinski definition) is 5. The van der Waals surface area contributed by atoms with Crippen molar-refractivity contribution >= 4 is 17.3 Å². The first-order valence-corrected chi connectivity index (χ1v) is 10.3. The van der Waals surface area contributed by atoms with Gasteiger partial charge in [-0.15, -0.1) is 11.3 Å². The van der Waals surface area contributed by atoms with Crippen LogP contribution in [0, 0.1) is 0 Å². The van der Waals surface area contributed by atoms with E-state index in [2.05, 4.69) is 34.2 Å². The number of nitrogens with zero attached hydrogens (tertiary/aromatic N) is 2. The van der Waals surface area contributed by atoms with Gasteiger partial charge in [-0.25, -0.2) is 14.8 Å². The van der Waals surface area contributed by atoms with E-state index in [0.717, 1.165) is 37.0 Å². The first-order valence-electron chi connectivity index (χ1n) is 9.52. The van der Waals surface area contributed by atoms with Crippen molar-refractivity contribution in [2.45, 2.75) is 44.6 Å². The number of thiazole rings is 1. The molecule has 0 spiro atoms. The Kier molecular flexibility index (Phi) is 7.28. The van der Waals surface area contributed by atoms with Gasteiger partial charge in [-0.1, -0.05) is 55.7 Å². The smallest absolute Gasteiger partial charge is 0.354 e. The van der Waals surface area contributed by atoms with Crippen LogP contribution in [0.2, 0.25) is 0 Å². The molecule has 0 bridgehead atoms. The highest BCUT2D eigenvalue weighted by Crippen LogP contribution is 2.30. The average Bonchev–Trinajstić information content (AvgIpc) is 3.22. The molecule has 2 aromatic heterocycles. The number of pyridine rings is 1. The normalized spacial score (nSPS) is 12.0. The van der Waals surface area contributed by atoms with Crippen LogP contribution in [0.3, 0.4) is 0 Å². The maximum Gasteiger partial charge on any atom is 0.354 e. The second-order valence-electron chi connectivity index (χ2n) is 6.73. The summed E-state index contributed by atoms with van der Waals surface area (Å²) in [5.74, 6) is -1.06. The molecule has 3 aromatic rings. The van der Waals surface area contributed by atoms with Crippen LogP contribution < -0.4 is 0 Å². The lowest BCUT2D eigenvalue weighted by Gasteiger charge is -2.07. The van der Waals surface area contributed by atoms with Gasteiger partial charge in [-0.05, 0) is 37.0 Å². The first-order chi connectivity index (χ1) is 13.6. The minimum absolute atomic E-state index is 0.00324. The van der Waals surface area contributed by atoms with Crippen LogP contribution in [0.15, 0.2) is 54.7 Å². The van der Waals surface area contributed by atoms with Crippen molar-refractivity contribution in [3.05, 3.63) is 71.0 Å². The summed E-state index contributed by atoms with van der Waals surface area (Å²) < 4.78 is 0. The molecule has 28 heavy (non-hydrogen) atoms. The van der Waals surface area contributed by atoms with Crippen LogP contribution in [0.1, 0.15) is 59.3 Å². The highest BCUT2D eigenvalue weighted by Gasteiger charge is 2.14. The lowest BCUT2D eigenvalue weighted by Crippen LogP contribution is -1.99. The molecule has 6 heteroatoms. The van der Waals surface area contributed by atoms with Gasteiger partial charge in [0.25, 0.3) is 0 Å². The van der Waals surface area contributed by atoms with Crippen LogP contribution >= 0.6 is 11.3 Å². The minimum Gasteiger partial charge on any atom is -0.477 e. The molecular formula is C22H24N2O3S. The van der Waals surface area contributed by atoms with Crippen LogP contribution in [-0.2, 0) is 6.42 Å². The van der Waals surface area contributed by atoms with Crippen molar-refractivity contribution in [1.82, 2.24) is 9.97 Å². The number of aliphatic hydroxyl groups is 1. The number of aromatic nitrogens is 2. The third kappa shape index (κ3) is 5.71. The van der Waals surface area contributed by atoms with Crippen molar-refractivity contribution < 1.29 is 15.0 Å². The molecule has 0 aliphatic rings. The van der Waals surface area contributed by atoms with Crippen molar-refractivity contribution in [3.63, 3.8) is 0 Å². The highest BCUT2D eigenvalue weighted by molar-refractivity contribution is 7.15. The molecule has 0 amide bonds. The SMILES string of the molecule is O=C(O)c1cccc(-c2cnc(C(O)CCCCCCc3ccccc3)s2)n1. The maximum absolute atomic E-state index is 11.1. The standard InChI is InChI=1S/C22H24N2O3S/c25-19(14-7-2-1-4-9-16-10-5-3-6-11-16)21-23-15-20(28-21)17-12-8-13-18(24-17)22(26)27/h3,5-6,8,10-13,15,19,25H,1-2,4,7,9,14H2,(H,26,27). The highest BCUT2D eigenvalue weighted by atomic mass is 32.1. The molecule has 2 heterocycles. The zero-order valence-electron chi connectivity index (χ0n) is 15.6. The van der Waals surface area contributed by atoms with Gasteiger partial charge in [0.05, 0.1) is 10.6 Å². The van der Waals surface area contributed by atoms with Crippen molar-refractivity contribution in [1.29, 1.82) is 0 Å². The fraction of sp³-hybridized carbons (Fsp3) is 0.318. The molecule has 2 N–H and O–H groups in total. The molecule has 1 aromatic carbocycles. The van der Waals surface area contributed by atoms with Crippen LogP contribution in [0.4, 0.5) is 0 Å². The van der Waals surface area contributed by atoms with Gasteiger partial charge in [-0.2, -0.15) is 0 Å². The molecule has 0 saturated carbocycles. The Morgan fingerprint density at radius 1 is 1.00 bits per heavy atom. The maximum atomic E-state index is 11.1. The topological polar surface area (TPSA) is 83.3 Å². The number of aromatic carboxylic acids is 1. The van der Waals surface area contributed by atoms with Crippen molar-refractivity contribution in [2.24, 2.45) is 0 Å². The number of carboxylic acids is 1. The summed E-state index contributed by atoms with van der Waals surface area (Å²) in [6.45, 7) is 0. The summed E-state index contributed by atoms with van der Waals surface area (Å²) in [6.07, 6.45) is 7.20. The lowest BCUT2D eigenvalue weighted by atomic mass is 10.0. The largest absolute Gasteiger partial charge is 0.477 e. The predicted octanol–water partition coefficient (Wildman–Crippen LogP) is 5.13. The van der Waals surface area contributed by atoms with E-state index in [1.807, 2.05) is 6.07 Å². The van der Waals surface area contributed by atoms with E-state index in [0.29, 0.717) is 17.1 Å². The molecule has 0 aliphatic heterocycles. The van der Waals surface area contributed by atoms with Gasteiger partial charge in [-0.3, -0.25) is 0 Å². The van der Waals surface area contributed by atoms with Gasteiger partial charge < -0.3 is 10.2 Å². The summed E-state index contributed by atoms with van der Waals surface area (Å²) >= 11 is 1.36. The van der Waals surface area contributed by atoms with Crippen LogP contribution in [0.25, 0.3) is 10.6 Å². The molecule has 1 atom stereocenters. The van der Waals surface area contributed by atoms with Crippen molar-refractivity contribution in [2.75, 3.05) is 0 Å². The average molecular weight is 397 g/mol. The lowest BCUT2D eigenvalue weighted by molar-refractivity contribution is 0.0690. The summed E-state index contributed by atoms with van der Waals surface area (Å²) in [6, 6.07) is 15.4. The molecule has 0 saturated heterocycles. The van der Waals surface area contributed by atoms with Gasteiger partial charge in [0, 0.05) is 6.20 Å². The van der Waals surface area contributed by atoms with Gasteiger partial charge in [0.2, 0.25) is 0 Å². The van der Waals surface area contributed by atoms with E-state index in [1.165, 1.54) is 23.0 Å². The number of carbonyl (C=O) groups is 1. The zero-order chi connectivity index (χ0) is 19.8. The van der Waals surface area contributed by atoms with Crippen LogP contribution in [0.5, 0.6) is 0 Å². The molecular weight excluding hydrogens is 372 g/mol. The molecule has 0 fully saturated rings. The Balaban J connectivity index is 1.43. The Hall–Kier alpha value is -2.57. The third-order valence-electron chi connectivity index (χ3n) is 4.57. The van der Waals surface area contributed by atoms with E-state index in [4.69, 9.17) is 5.11 Å². The van der Waals surface area contributed by atoms with E-state index in [9.17, 15) is 9.90 Å². The number of unbranched alkanes of at least 4 members (excludes halogenated alkanes) is 3. The van der Waals surface area contributed by atoms with E-state index < -0.39 is 12.1 Å². The second-order valence-corrected chi connectivity index (χ2v) is 7.79. The molecule has 146 valence electrons. The molecule has 5 nitrogen and oxygen atoms in total. The summed E-state index contributed by atoms with van der Waals surface area (Å²) in [5, 5.41) is 20.1. The molecule has 0 aliphatic carbocycles. The molecule has 0 radical (unpaired) electrons. The Morgan fingerprint density at radius 2 is 1.79 bits per heavy atom. The Morgan fingerprint density at radius 3 is 2.57 bits per heavy atom. The van der Waals surface area contributed by atoms with Gasteiger partial charge >= 0.3 is 5.97 Å². The number of aliphatic hydroxyl groups excluding tert-OH is 1. The molecule has 1 unspecified atom stereocenters. The van der Waals surface area contributed by atoms with Crippen LogP contribution in [-0.4, -0.2) is 26.2 Å². The Labute approximate surface area is 168 Å². The van der Waals surface area contributed by atoms with E-state index >= 15 is 0 Å². The number of carboxylic acid groups (broad SMARTS) is 1. The predicted molar refractivity (Wildman–Crippen MR) is 110 cm³/mol. The number of hydrogen-bond donors (Lipinski definition) is 2. The van der Waals surface area contributed by atoms with E-state index in [-0.39, 0.29) is 5.69 Å². The minimum atomic E-state index is -1.06. The number of rotatable bonds is 10. The summed E-state index contributed by atoms with van der Waals surface area (Å²) in [4.78, 5) is 20.2. The fourth-order valence-corrected chi connectivity index (χ4v) is 3.95. The number of aryl methyl sites for hydroxylation is 1. The van der Waals surface area contributed by atoms with E-state index in [1.54, 1.807) is 18.3 Å². The quantitative estimate of drug-likeness (QED) is 0.464. The zero-order valence-corrected chi connectivity index (χ0v) is 16.4. The Bertz CT molecular complexity index is 896. The second kappa shape index (κ2) is 10.1. The monoisotopic (exact) mass is 396 g/mol. The first kappa shape index (κ1) is 20.2. The van der Waals surface area contributed by atoms with Gasteiger partial charge in [0.15, 0.2) is 0 Å². The summed E-state index contributed by atoms with van der Waals surface area (Å²) in [5.41, 5.74) is 1.94.